The molecule has 3 unspecified atom stereocenters. The van der Waals surface area contributed by atoms with Crippen LogP contribution in [-0.4, -0.2) is 34.1 Å². The molecule has 6 heteroatoms. The molecule has 18 heavy (non-hydrogen) atoms. The first kappa shape index (κ1) is 11.7. The summed E-state index contributed by atoms with van der Waals surface area (Å²) in [5.74, 6) is -0.356. The molecule has 5 nitrogen and oxygen atoms in total. The molecule has 0 radical (unpaired) electrons. The van der Waals surface area contributed by atoms with Gasteiger partial charge in [-0.3, -0.25) is 4.79 Å². The molecule has 3 rings (SSSR count). The molecule has 0 spiro atoms. The summed E-state index contributed by atoms with van der Waals surface area (Å²) in [6.45, 7) is 0. The van der Waals surface area contributed by atoms with Crippen LogP contribution in [0.25, 0.3) is 0 Å². The van der Waals surface area contributed by atoms with Crippen molar-refractivity contribution < 1.29 is 9.90 Å². The largest absolute Gasteiger partial charge is 0.505 e. The van der Waals surface area contributed by atoms with Crippen molar-refractivity contribution in [2.24, 2.45) is 0 Å². The summed E-state index contributed by atoms with van der Waals surface area (Å²) >= 11 is 5.68. The first-order chi connectivity index (χ1) is 8.63. The van der Waals surface area contributed by atoms with Crippen molar-refractivity contribution in [2.75, 3.05) is 0 Å². The number of fused-ring (bicyclic) bond motifs is 2. The molecular formula is C12H14ClN3O2. The van der Waals surface area contributed by atoms with Crippen LogP contribution in [0, 0.1) is 0 Å². The number of carbonyl (C=O) groups excluding carboxylic acids is 1. The second-order valence-corrected chi connectivity index (χ2v) is 5.23. The Morgan fingerprint density at radius 3 is 2.94 bits per heavy atom. The maximum atomic E-state index is 12.0. The van der Waals surface area contributed by atoms with E-state index >= 15 is 0 Å². The molecule has 2 bridgehead atoms. The number of nitrogens with one attached hydrogen (secondary N) is 2. The average Bonchev–Trinajstić information content (AvgIpc) is 2.94. The Morgan fingerprint density at radius 1 is 1.50 bits per heavy atom. The third kappa shape index (κ3) is 2.04. The highest BCUT2D eigenvalue weighted by Crippen LogP contribution is 2.28. The van der Waals surface area contributed by atoms with E-state index in [0.29, 0.717) is 12.1 Å². The highest BCUT2D eigenvalue weighted by Gasteiger charge is 2.39. The third-order valence-corrected chi connectivity index (χ3v) is 3.96. The van der Waals surface area contributed by atoms with Crippen molar-refractivity contribution in [3.63, 3.8) is 0 Å². The standard InChI is InChI=1S/C12H14ClN3O2/c13-11-10(17)4-3-8(15-11)12(18)16-9-5-6-1-2-7(9)14-6/h3-4,6-7,9,14,17H,1-2,5H2,(H,16,18). The fourth-order valence-corrected chi connectivity index (χ4v) is 2.93. The Morgan fingerprint density at radius 2 is 2.33 bits per heavy atom. The smallest absolute Gasteiger partial charge is 0.270 e. The number of pyridine rings is 1. The van der Waals surface area contributed by atoms with E-state index in [1.165, 1.54) is 18.6 Å². The normalized spacial score (nSPS) is 29.5. The van der Waals surface area contributed by atoms with E-state index in [9.17, 15) is 9.90 Å². The van der Waals surface area contributed by atoms with Crippen LogP contribution in [0.2, 0.25) is 5.15 Å². The van der Waals surface area contributed by atoms with Gasteiger partial charge in [0.15, 0.2) is 10.9 Å². The van der Waals surface area contributed by atoms with E-state index < -0.39 is 0 Å². The van der Waals surface area contributed by atoms with E-state index in [-0.39, 0.29) is 28.5 Å². The predicted molar refractivity (Wildman–Crippen MR) is 66.7 cm³/mol. The van der Waals surface area contributed by atoms with Crippen molar-refractivity contribution in [3.05, 3.63) is 23.0 Å². The molecule has 0 aromatic carbocycles. The summed E-state index contributed by atoms with van der Waals surface area (Å²) in [6, 6.07) is 3.94. The molecule has 0 aliphatic carbocycles. The topological polar surface area (TPSA) is 74.2 Å². The van der Waals surface area contributed by atoms with E-state index in [1.54, 1.807) is 0 Å². The Balaban J connectivity index is 1.69. The van der Waals surface area contributed by atoms with Crippen molar-refractivity contribution in [2.45, 2.75) is 37.4 Å². The number of hydrogen-bond donors (Lipinski definition) is 3. The lowest BCUT2D eigenvalue weighted by Crippen LogP contribution is -2.43. The van der Waals surface area contributed by atoms with Crippen LogP contribution in [-0.2, 0) is 0 Å². The molecule has 96 valence electrons. The van der Waals surface area contributed by atoms with Crippen molar-refractivity contribution in [1.29, 1.82) is 0 Å². The Hall–Kier alpha value is -1.33. The summed E-state index contributed by atoms with van der Waals surface area (Å²) in [7, 11) is 0. The zero-order valence-corrected chi connectivity index (χ0v) is 10.4. The SMILES string of the molecule is O=C(NC1CC2CCC1N2)c1ccc(O)c(Cl)n1. The number of carbonyl (C=O) groups is 1. The number of aromatic hydroxyl groups is 1. The van der Waals surface area contributed by atoms with Crippen molar-refractivity contribution in [1.82, 2.24) is 15.6 Å². The molecule has 2 aliphatic rings. The number of halogens is 1. The number of nitrogens with zero attached hydrogens (tertiary/aromatic N) is 1. The van der Waals surface area contributed by atoms with Gasteiger partial charge in [0.2, 0.25) is 0 Å². The van der Waals surface area contributed by atoms with Crippen LogP contribution in [0.1, 0.15) is 29.8 Å². The number of amides is 1. The van der Waals surface area contributed by atoms with Gasteiger partial charge in [-0.05, 0) is 31.4 Å². The monoisotopic (exact) mass is 267 g/mol. The summed E-state index contributed by atoms with van der Waals surface area (Å²) in [4.78, 5) is 15.9. The van der Waals surface area contributed by atoms with Crippen LogP contribution in [0.3, 0.4) is 0 Å². The average molecular weight is 268 g/mol. The molecule has 1 amide bonds. The summed E-state index contributed by atoms with van der Waals surface area (Å²) in [5, 5.41) is 15.6. The summed E-state index contributed by atoms with van der Waals surface area (Å²) in [5.41, 5.74) is 0.237. The highest BCUT2D eigenvalue weighted by molar-refractivity contribution is 6.30. The first-order valence-electron chi connectivity index (χ1n) is 6.06. The van der Waals surface area contributed by atoms with Gasteiger partial charge in [-0.15, -0.1) is 0 Å². The minimum atomic E-state index is -0.240. The van der Waals surface area contributed by atoms with Crippen molar-refractivity contribution >= 4 is 17.5 Å². The fourth-order valence-electron chi connectivity index (χ4n) is 2.78. The van der Waals surface area contributed by atoms with E-state index in [4.69, 9.17) is 11.6 Å². The van der Waals surface area contributed by atoms with Crippen molar-refractivity contribution in [3.8, 4) is 5.75 Å². The molecule has 3 atom stereocenters. The van der Waals surface area contributed by atoms with Gasteiger partial charge in [0, 0.05) is 18.1 Å². The quantitative estimate of drug-likeness (QED) is 0.701. The molecule has 3 N–H and O–H groups in total. The molecule has 2 saturated heterocycles. The Bertz CT molecular complexity index is 494. The van der Waals surface area contributed by atoms with Crippen LogP contribution < -0.4 is 10.6 Å². The maximum Gasteiger partial charge on any atom is 0.270 e. The summed E-state index contributed by atoms with van der Waals surface area (Å²) in [6.07, 6.45) is 3.28. The first-order valence-corrected chi connectivity index (χ1v) is 6.43. The number of hydrogen-bond acceptors (Lipinski definition) is 4. The fraction of sp³-hybridized carbons (Fsp3) is 0.500. The molecule has 2 fully saturated rings. The molecular weight excluding hydrogens is 254 g/mol. The van der Waals surface area contributed by atoms with Crippen LogP contribution in [0.5, 0.6) is 5.75 Å². The summed E-state index contributed by atoms with van der Waals surface area (Å²) < 4.78 is 0. The Labute approximate surface area is 110 Å². The lowest BCUT2D eigenvalue weighted by Gasteiger charge is -2.21. The van der Waals surface area contributed by atoms with E-state index in [0.717, 1.165) is 12.8 Å². The van der Waals surface area contributed by atoms with Gasteiger partial charge in [0.1, 0.15) is 5.69 Å². The molecule has 2 aliphatic heterocycles. The van der Waals surface area contributed by atoms with Crippen LogP contribution in [0.4, 0.5) is 0 Å². The molecule has 0 saturated carbocycles. The number of aromatic nitrogens is 1. The minimum absolute atomic E-state index is 0.0475. The lowest BCUT2D eigenvalue weighted by atomic mass is 9.95. The van der Waals surface area contributed by atoms with Gasteiger partial charge in [-0.2, -0.15) is 0 Å². The second-order valence-electron chi connectivity index (χ2n) is 4.87. The van der Waals surface area contributed by atoms with Crippen LogP contribution in [0.15, 0.2) is 12.1 Å². The van der Waals surface area contributed by atoms with Gasteiger partial charge in [-0.1, -0.05) is 11.6 Å². The zero-order valence-electron chi connectivity index (χ0n) is 9.69. The van der Waals surface area contributed by atoms with Gasteiger partial charge in [0.25, 0.3) is 5.91 Å². The van der Waals surface area contributed by atoms with Gasteiger partial charge < -0.3 is 15.7 Å². The van der Waals surface area contributed by atoms with Crippen LogP contribution >= 0.6 is 11.6 Å². The van der Waals surface area contributed by atoms with Gasteiger partial charge in [0.05, 0.1) is 0 Å². The zero-order chi connectivity index (χ0) is 12.7. The molecule has 1 aromatic heterocycles. The lowest BCUT2D eigenvalue weighted by molar-refractivity contribution is 0.0926. The van der Waals surface area contributed by atoms with Gasteiger partial charge >= 0.3 is 0 Å². The highest BCUT2D eigenvalue weighted by atomic mass is 35.5. The van der Waals surface area contributed by atoms with E-state index in [1.807, 2.05) is 0 Å². The molecule has 3 heterocycles. The molecule has 1 aromatic rings. The number of rotatable bonds is 2. The third-order valence-electron chi connectivity index (χ3n) is 3.68. The minimum Gasteiger partial charge on any atom is -0.505 e. The van der Waals surface area contributed by atoms with Gasteiger partial charge in [-0.25, -0.2) is 4.98 Å². The predicted octanol–water partition coefficient (Wildman–Crippen LogP) is 1.06. The Kier molecular flexibility index (Phi) is 2.87. The second kappa shape index (κ2) is 4.40. The maximum absolute atomic E-state index is 12.0. The van der Waals surface area contributed by atoms with E-state index in [2.05, 4.69) is 15.6 Å².